The summed E-state index contributed by atoms with van der Waals surface area (Å²) in [4.78, 5) is 17.1. The number of aromatic nitrogens is 4. The van der Waals surface area contributed by atoms with Crippen molar-refractivity contribution in [1.29, 1.82) is 0 Å². The monoisotopic (exact) mass is 243 g/mol. The lowest BCUT2D eigenvalue weighted by atomic mass is 10.3. The Morgan fingerprint density at radius 3 is 2.22 bits per heavy atom. The van der Waals surface area contributed by atoms with Crippen LogP contribution in [-0.4, -0.2) is 26.5 Å². The van der Waals surface area contributed by atoms with E-state index in [2.05, 4.69) is 25.3 Å². The largest absolute Gasteiger partial charge is 0.354 e. The van der Waals surface area contributed by atoms with Gasteiger partial charge >= 0.3 is 0 Å². The number of nitrogens with zero attached hydrogens (tertiary/aromatic N) is 4. The van der Waals surface area contributed by atoms with Crippen molar-refractivity contribution in [3.8, 4) is 0 Å². The summed E-state index contributed by atoms with van der Waals surface area (Å²) in [6.45, 7) is 6.66. The molecule has 0 aliphatic rings. The number of nitrogens with one attached hydrogen (secondary N) is 1. The summed E-state index contributed by atoms with van der Waals surface area (Å²) < 4.78 is 0. The second kappa shape index (κ2) is 5.53. The SMILES string of the molecule is Cc1cnc(NCCc2nc(C)cc(C)n2)nc1. The lowest BCUT2D eigenvalue weighted by Crippen LogP contribution is -2.10. The highest BCUT2D eigenvalue weighted by molar-refractivity contribution is 5.24. The highest BCUT2D eigenvalue weighted by atomic mass is 15.1. The molecule has 0 unspecified atom stereocenters. The van der Waals surface area contributed by atoms with Gasteiger partial charge in [0.2, 0.25) is 5.95 Å². The Morgan fingerprint density at radius 2 is 1.61 bits per heavy atom. The molecule has 0 aromatic carbocycles. The summed E-state index contributed by atoms with van der Waals surface area (Å²) in [6.07, 6.45) is 4.35. The van der Waals surface area contributed by atoms with Gasteiger partial charge in [0.25, 0.3) is 0 Å². The highest BCUT2D eigenvalue weighted by Gasteiger charge is 2.00. The summed E-state index contributed by atoms with van der Waals surface area (Å²) >= 11 is 0. The first kappa shape index (κ1) is 12.4. The van der Waals surface area contributed by atoms with Crippen LogP contribution in [0.25, 0.3) is 0 Å². The van der Waals surface area contributed by atoms with Crippen LogP contribution in [0.3, 0.4) is 0 Å². The van der Waals surface area contributed by atoms with Gasteiger partial charge in [-0.15, -0.1) is 0 Å². The molecule has 0 fully saturated rings. The molecule has 0 spiro atoms. The maximum atomic E-state index is 4.39. The average molecular weight is 243 g/mol. The molecule has 0 aliphatic heterocycles. The molecule has 0 amide bonds. The molecule has 0 atom stereocenters. The van der Waals surface area contributed by atoms with Crippen LogP contribution in [0.1, 0.15) is 22.8 Å². The molecule has 2 aromatic rings. The van der Waals surface area contributed by atoms with Crippen molar-refractivity contribution >= 4 is 5.95 Å². The Labute approximate surface area is 107 Å². The first-order chi connectivity index (χ1) is 8.63. The van der Waals surface area contributed by atoms with Crippen LogP contribution in [0.2, 0.25) is 0 Å². The average Bonchev–Trinajstić information content (AvgIpc) is 2.30. The second-order valence-electron chi connectivity index (χ2n) is 4.33. The smallest absolute Gasteiger partial charge is 0.222 e. The maximum absolute atomic E-state index is 4.39. The molecule has 0 saturated carbocycles. The Morgan fingerprint density at radius 1 is 1.00 bits per heavy atom. The van der Waals surface area contributed by atoms with E-state index in [9.17, 15) is 0 Å². The van der Waals surface area contributed by atoms with E-state index in [4.69, 9.17) is 0 Å². The molecule has 5 nitrogen and oxygen atoms in total. The van der Waals surface area contributed by atoms with Gasteiger partial charge in [-0.2, -0.15) is 0 Å². The Bertz CT molecular complexity index is 501. The number of anilines is 1. The van der Waals surface area contributed by atoms with Crippen molar-refractivity contribution in [2.45, 2.75) is 27.2 Å². The number of hydrogen-bond acceptors (Lipinski definition) is 5. The van der Waals surface area contributed by atoms with Crippen molar-refractivity contribution in [1.82, 2.24) is 19.9 Å². The second-order valence-corrected chi connectivity index (χ2v) is 4.33. The van der Waals surface area contributed by atoms with E-state index in [1.807, 2.05) is 26.8 Å². The molecule has 5 heteroatoms. The van der Waals surface area contributed by atoms with Crippen molar-refractivity contribution in [2.24, 2.45) is 0 Å². The summed E-state index contributed by atoms with van der Waals surface area (Å²) in [5, 5.41) is 3.16. The zero-order valence-electron chi connectivity index (χ0n) is 10.9. The van der Waals surface area contributed by atoms with E-state index >= 15 is 0 Å². The first-order valence-corrected chi connectivity index (χ1v) is 5.97. The van der Waals surface area contributed by atoms with Crippen LogP contribution in [0, 0.1) is 20.8 Å². The number of rotatable bonds is 4. The fourth-order valence-corrected chi connectivity index (χ4v) is 1.68. The van der Waals surface area contributed by atoms with Crippen molar-refractivity contribution in [3.63, 3.8) is 0 Å². The summed E-state index contributed by atoms with van der Waals surface area (Å²) in [6, 6.07) is 1.97. The van der Waals surface area contributed by atoms with Gasteiger partial charge in [0.1, 0.15) is 5.82 Å². The topological polar surface area (TPSA) is 63.6 Å². The third-order valence-corrected chi connectivity index (χ3v) is 2.44. The van der Waals surface area contributed by atoms with E-state index in [1.54, 1.807) is 12.4 Å². The van der Waals surface area contributed by atoms with Gasteiger partial charge < -0.3 is 5.32 Å². The van der Waals surface area contributed by atoms with Crippen LogP contribution >= 0.6 is 0 Å². The van der Waals surface area contributed by atoms with Gasteiger partial charge in [-0.3, -0.25) is 0 Å². The molecule has 1 N–H and O–H groups in total. The Balaban J connectivity index is 1.90. The molecule has 18 heavy (non-hydrogen) atoms. The molecule has 2 aromatic heterocycles. The molecule has 0 aliphatic carbocycles. The third-order valence-electron chi connectivity index (χ3n) is 2.44. The third kappa shape index (κ3) is 3.48. The lowest BCUT2D eigenvalue weighted by molar-refractivity contribution is 0.856. The van der Waals surface area contributed by atoms with E-state index in [1.165, 1.54) is 0 Å². The molecule has 94 valence electrons. The number of aryl methyl sites for hydroxylation is 3. The van der Waals surface area contributed by atoms with Crippen LogP contribution in [0.15, 0.2) is 18.5 Å². The van der Waals surface area contributed by atoms with Gasteiger partial charge in [0, 0.05) is 36.7 Å². The molecule has 0 saturated heterocycles. The predicted molar refractivity (Wildman–Crippen MR) is 70.5 cm³/mol. The highest BCUT2D eigenvalue weighted by Crippen LogP contribution is 2.02. The van der Waals surface area contributed by atoms with Crippen molar-refractivity contribution in [2.75, 3.05) is 11.9 Å². The molecule has 0 radical (unpaired) electrons. The zero-order valence-corrected chi connectivity index (χ0v) is 10.9. The molecule has 0 bridgehead atoms. The van der Waals surface area contributed by atoms with Crippen LogP contribution < -0.4 is 5.32 Å². The summed E-state index contributed by atoms with van der Waals surface area (Å²) in [5.74, 6) is 1.50. The van der Waals surface area contributed by atoms with Gasteiger partial charge in [-0.05, 0) is 32.4 Å². The lowest BCUT2D eigenvalue weighted by Gasteiger charge is -2.05. The fourth-order valence-electron chi connectivity index (χ4n) is 1.68. The van der Waals surface area contributed by atoms with E-state index in [0.29, 0.717) is 5.95 Å². The Kier molecular flexibility index (Phi) is 3.82. The summed E-state index contributed by atoms with van der Waals surface area (Å²) in [5.41, 5.74) is 3.06. The quantitative estimate of drug-likeness (QED) is 0.887. The first-order valence-electron chi connectivity index (χ1n) is 5.97. The molecule has 2 rings (SSSR count). The minimum atomic E-state index is 0.643. The van der Waals surface area contributed by atoms with Gasteiger partial charge in [-0.25, -0.2) is 19.9 Å². The molecule has 2 heterocycles. The van der Waals surface area contributed by atoms with Crippen LogP contribution in [0.4, 0.5) is 5.95 Å². The van der Waals surface area contributed by atoms with Crippen LogP contribution in [0.5, 0.6) is 0 Å². The Hall–Kier alpha value is -2.04. The normalized spacial score (nSPS) is 10.4. The minimum Gasteiger partial charge on any atom is -0.354 e. The molecular formula is C13H17N5. The van der Waals surface area contributed by atoms with E-state index < -0.39 is 0 Å². The van der Waals surface area contributed by atoms with Gasteiger partial charge in [-0.1, -0.05) is 0 Å². The van der Waals surface area contributed by atoms with Gasteiger partial charge in [0.15, 0.2) is 0 Å². The standard InChI is InChI=1S/C13H17N5/c1-9-7-15-13(16-8-9)14-5-4-12-17-10(2)6-11(3)18-12/h6-8H,4-5H2,1-3H3,(H,14,15,16). The van der Waals surface area contributed by atoms with E-state index in [0.717, 1.165) is 35.7 Å². The summed E-state index contributed by atoms with van der Waals surface area (Å²) in [7, 11) is 0. The minimum absolute atomic E-state index is 0.643. The van der Waals surface area contributed by atoms with Crippen LogP contribution in [-0.2, 0) is 6.42 Å². The van der Waals surface area contributed by atoms with Crippen molar-refractivity contribution < 1.29 is 0 Å². The van der Waals surface area contributed by atoms with E-state index in [-0.39, 0.29) is 0 Å². The van der Waals surface area contributed by atoms with Crippen molar-refractivity contribution in [3.05, 3.63) is 41.2 Å². The molecular weight excluding hydrogens is 226 g/mol. The number of hydrogen-bond donors (Lipinski definition) is 1. The maximum Gasteiger partial charge on any atom is 0.222 e. The zero-order chi connectivity index (χ0) is 13.0. The fraction of sp³-hybridized carbons (Fsp3) is 0.385. The predicted octanol–water partition coefficient (Wildman–Crippen LogP) is 1.85. The van der Waals surface area contributed by atoms with Gasteiger partial charge in [0.05, 0.1) is 0 Å².